The topological polar surface area (TPSA) is 21.3 Å². The van der Waals surface area contributed by atoms with Gasteiger partial charge in [0.2, 0.25) is 0 Å². The maximum atomic E-state index is 6.08. The van der Waals surface area contributed by atoms with Crippen LogP contribution in [0.15, 0.2) is 42.5 Å². The molecule has 1 heterocycles. The number of hydrogen-bond acceptors (Lipinski definition) is 2. The fourth-order valence-corrected chi connectivity index (χ4v) is 2.78. The number of nitrogens with one attached hydrogen (secondary N) is 1. The largest absolute Gasteiger partial charge is 0.372 e. The average Bonchev–Trinajstić information content (AvgIpc) is 2.87. The third-order valence-electron chi connectivity index (χ3n) is 3.55. The van der Waals surface area contributed by atoms with Crippen molar-refractivity contribution in [1.82, 2.24) is 5.32 Å². The quantitative estimate of drug-likeness (QED) is 0.921. The van der Waals surface area contributed by atoms with Crippen molar-refractivity contribution < 1.29 is 4.74 Å². The highest BCUT2D eigenvalue weighted by molar-refractivity contribution is 6.30. The summed E-state index contributed by atoms with van der Waals surface area (Å²) in [7, 11) is 1.97. The van der Waals surface area contributed by atoms with Crippen molar-refractivity contribution in [2.75, 3.05) is 7.05 Å². The monoisotopic (exact) mass is 273 g/mol. The first-order valence-electron chi connectivity index (χ1n) is 6.40. The van der Waals surface area contributed by atoms with E-state index in [9.17, 15) is 0 Å². The standard InChI is InChI=1S/C16H16ClNO/c1-18-16(11-3-2-4-15(17)8-11)12-5-6-13-9-19-10-14(13)7-12/h2-8,16,18H,9-10H2,1H3. The summed E-state index contributed by atoms with van der Waals surface area (Å²) in [5, 5.41) is 4.12. The number of benzene rings is 2. The Morgan fingerprint density at radius 3 is 2.63 bits per heavy atom. The van der Waals surface area contributed by atoms with Crippen LogP contribution in [-0.2, 0) is 18.0 Å². The maximum absolute atomic E-state index is 6.08. The van der Waals surface area contributed by atoms with Crippen molar-refractivity contribution in [3.63, 3.8) is 0 Å². The van der Waals surface area contributed by atoms with Gasteiger partial charge in [-0.3, -0.25) is 0 Å². The number of hydrogen-bond donors (Lipinski definition) is 1. The van der Waals surface area contributed by atoms with Crippen LogP contribution in [0.1, 0.15) is 28.3 Å². The summed E-state index contributed by atoms with van der Waals surface area (Å²) in [6.45, 7) is 1.45. The molecule has 1 aliphatic heterocycles. The van der Waals surface area contributed by atoms with Crippen molar-refractivity contribution in [1.29, 1.82) is 0 Å². The smallest absolute Gasteiger partial charge is 0.0725 e. The summed E-state index contributed by atoms with van der Waals surface area (Å²) in [5.74, 6) is 0. The predicted molar refractivity (Wildman–Crippen MR) is 77.3 cm³/mol. The van der Waals surface area contributed by atoms with Gasteiger partial charge < -0.3 is 10.1 Å². The van der Waals surface area contributed by atoms with E-state index in [1.807, 2.05) is 25.2 Å². The Morgan fingerprint density at radius 1 is 1.05 bits per heavy atom. The highest BCUT2D eigenvalue weighted by atomic mass is 35.5. The van der Waals surface area contributed by atoms with Crippen molar-refractivity contribution in [3.8, 4) is 0 Å². The van der Waals surface area contributed by atoms with Gasteiger partial charge in [-0.05, 0) is 41.4 Å². The van der Waals surface area contributed by atoms with Gasteiger partial charge in [-0.1, -0.05) is 41.9 Å². The molecule has 3 rings (SSSR count). The summed E-state index contributed by atoms with van der Waals surface area (Å²) in [5.41, 5.74) is 5.01. The van der Waals surface area contributed by atoms with Crippen LogP contribution in [0.2, 0.25) is 5.02 Å². The van der Waals surface area contributed by atoms with Crippen LogP contribution in [-0.4, -0.2) is 7.05 Å². The van der Waals surface area contributed by atoms with Gasteiger partial charge in [0.05, 0.1) is 19.3 Å². The number of halogens is 1. The third kappa shape index (κ3) is 2.52. The molecule has 0 spiro atoms. The van der Waals surface area contributed by atoms with Crippen molar-refractivity contribution in [2.24, 2.45) is 0 Å². The van der Waals surface area contributed by atoms with E-state index in [1.54, 1.807) is 0 Å². The van der Waals surface area contributed by atoms with Crippen LogP contribution in [0.4, 0.5) is 0 Å². The zero-order valence-corrected chi connectivity index (χ0v) is 11.6. The summed E-state index contributed by atoms with van der Waals surface area (Å²) >= 11 is 6.08. The van der Waals surface area contributed by atoms with Gasteiger partial charge in [0.25, 0.3) is 0 Å². The van der Waals surface area contributed by atoms with E-state index in [0.717, 1.165) is 18.2 Å². The second-order valence-electron chi connectivity index (χ2n) is 4.80. The number of ether oxygens (including phenoxy) is 1. The van der Waals surface area contributed by atoms with Crippen molar-refractivity contribution >= 4 is 11.6 Å². The second kappa shape index (κ2) is 5.33. The summed E-state index contributed by atoms with van der Waals surface area (Å²) in [6.07, 6.45) is 0. The predicted octanol–water partition coefficient (Wildman–Crippen LogP) is 3.68. The molecule has 19 heavy (non-hydrogen) atoms. The van der Waals surface area contributed by atoms with Crippen LogP contribution >= 0.6 is 11.6 Å². The van der Waals surface area contributed by atoms with Gasteiger partial charge in [0.15, 0.2) is 0 Å². The molecule has 2 nitrogen and oxygen atoms in total. The minimum Gasteiger partial charge on any atom is -0.372 e. The zero-order chi connectivity index (χ0) is 13.2. The highest BCUT2D eigenvalue weighted by Gasteiger charge is 2.16. The first-order valence-corrected chi connectivity index (χ1v) is 6.78. The molecule has 1 N–H and O–H groups in total. The Hall–Kier alpha value is -1.35. The van der Waals surface area contributed by atoms with E-state index in [0.29, 0.717) is 0 Å². The molecule has 2 aromatic rings. The molecule has 0 amide bonds. The van der Waals surface area contributed by atoms with Crippen molar-refractivity contribution in [3.05, 3.63) is 69.7 Å². The Bertz CT molecular complexity index is 597. The van der Waals surface area contributed by atoms with E-state index in [4.69, 9.17) is 16.3 Å². The molecule has 0 fully saturated rings. The number of rotatable bonds is 3. The van der Waals surface area contributed by atoms with Gasteiger partial charge in [-0.25, -0.2) is 0 Å². The minimum atomic E-state index is 0.157. The van der Waals surface area contributed by atoms with E-state index >= 15 is 0 Å². The molecule has 2 aromatic carbocycles. The summed E-state index contributed by atoms with van der Waals surface area (Å²) < 4.78 is 5.47. The molecule has 0 bridgehead atoms. The van der Waals surface area contributed by atoms with Gasteiger partial charge in [0, 0.05) is 5.02 Å². The minimum absolute atomic E-state index is 0.157. The fourth-order valence-electron chi connectivity index (χ4n) is 2.58. The lowest BCUT2D eigenvalue weighted by atomic mass is 9.96. The summed E-state index contributed by atoms with van der Waals surface area (Å²) in [6, 6.07) is 14.7. The molecule has 98 valence electrons. The maximum Gasteiger partial charge on any atom is 0.0725 e. The van der Waals surface area contributed by atoms with Gasteiger partial charge in [-0.15, -0.1) is 0 Å². The molecular weight excluding hydrogens is 258 g/mol. The Kier molecular flexibility index (Phi) is 3.56. The van der Waals surface area contributed by atoms with Crippen LogP contribution < -0.4 is 5.32 Å². The van der Waals surface area contributed by atoms with E-state index in [1.165, 1.54) is 22.3 Å². The Labute approximate surface area is 118 Å². The molecule has 1 aliphatic rings. The Balaban J connectivity index is 1.98. The molecule has 0 aliphatic carbocycles. The molecule has 3 heteroatoms. The van der Waals surface area contributed by atoms with Crippen LogP contribution in [0.5, 0.6) is 0 Å². The fraction of sp³-hybridized carbons (Fsp3) is 0.250. The lowest BCUT2D eigenvalue weighted by Gasteiger charge is -2.18. The molecule has 0 saturated heterocycles. The van der Waals surface area contributed by atoms with E-state index < -0.39 is 0 Å². The van der Waals surface area contributed by atoms with Crippen LogP contribution in [0, 0.1) is 0 Å². The first-order chi connectivity index (χ1) is 9.28. The first kappa shape index (κ1) is 12.7. The van der Waals surface area contributed by atoms with Crippen LogP contribution in [0.25, 0.3) is 0 Å². The molecule has 0 saturated carbocycles. The van der Waals surface area contributed by atoms with Gasteiger partial charge >= 0.3 is 0 Å². The van der Waals surface area contributed by atoms with Gasteiger partial charge in [-0.2, -0.15) is 0 Å². The molecule has 0 radical (unpaired) electrons. The van der Waals surface area contributed by atoms with E-state index in [2.05, 4.69) is 29.6 Å². The average molecular weight is 274 g/mol. The van der Waals surface area contributed by atoms with Crippen molar-refractivity contribution in [2.45, 2.75) is 19.3 Å². The molecular formula is C16H16ClNO. The zero-order valence-electron chi connectivity index (χ0n) is 10.8. The summed E-state index contributed by atoms with van der Waals surface area (Å²) in [4.78, 5) is 0. The third-order valence-corrected chi connectivity index (χ3v) is 3.78. The lowest BCUT2D eigenvalue weighted by molar-refractivity contribution is 0.134. The van der Waals surface area contributed by atoms with E-state index in [-0.39, 0.29) is 6.04 Å². The Morgan fingerprint density at radius 2 is 1.84 bits per heavy atom. The lowest BCUT2D eigenvalue weighted by Crippen LogP contribution is -2.17. The normalized spacial score (nSPS) is 15.3. The number of fused-ring (bicyclic) bond motifs is 1. The molecule has 0 aromatic heterocycles. The molecule has 1 atom stereocenters. The highest BCUT2D eigenvalue weighted by Crippen LogP contribution is 2.28. The SMILES string of the molecule is CNC(c1cccc(Cl)c1)c1ccc2c(c1)COC2. The second-order valence-corrected chi connectivity index (χ2v) is 5.23. The van der Waals surface area contributed by atoms with Gasteiger partial charge in [0.1, 0.15) is 0 Å². The molecule has 1 unspecified atom stereocenters. The van der Waals surface area contributed by atoms with Crippen LogP contribution in [0.3, 0.4) is 0 Å².